The first-order chi connectivity index (χ1) is 7.66. The van der Waals surface area contributed by atoms with Crippen molar-refractivity contribution in [1.82, 2.24) is 0 Å². The molecule has 0 amide bonds. The Morgan fingerprint density at radius 1 is 0.750 bits per heavy atom. The van der Waals surface area contributed by atoms with E-state index in [0.29, 0.717) is 0 Å². The van der Waals surface area contributed by atoms with Crippen LogP contribution in [0, 0.1) is 20.8 Å². The van der Waals surface area contributed by atoms with Crippen molar-refractivity contribution in [3.8, 4) is 0 Å². The van der Waals surface area contributed by atoms with Crippen LogP contribution in [0.25, 0.3) is 0 Å². The Balaban J connectivity index is 2.30. The summed E-state index contributed by atoms with van der Waals surface area (Å²) in [5.41, 5.74) is 6.20. The molecular formula is C15H17N. The SMILES string of the molecule is Cc1ccc(Nc2c(C)cccc2C)cc1. The molecule has 1 N–H and O–H groups in total. The topological polar surface area (TPSA) is 12.0 Å². The third kappa shape index (κ3) is 2.25. The number of benzene rings is 2. The lowest BCUT2D eigenvalue weighted by molar-refractivity contribution is 1.35. The lowest BCUT2D eigenvalue weighted by atomic mass is 10.1. The van der Waals surface area contributed by atoms with Crippen molar-refractivity contribution in [2.24, 2.45) is 0 Å². The zero-order chi connectivity index (χ0) is 11.5. The molecule has 0 aliphatic carbocycles. The average molecular weight is 211 g/mol. The van der Waals surface area contributed by atoms with Gasteiger partial charge < -0.3 is 5.32 Å². The Morgan fingerprint density at radius 2 is 1.31 bits per heavy atom. The summed E-state index contributed by atoms with van der Waals surface area (Å²) in [6, 6.07) is 14.8. The third-order valence-electron chi connectivity index (χ3n) is 2.80. The molecule has 1 nitrogen and oxygen atoms in total. The van der Waals surface area contributed by atoms with E-state index < -0.39 is 0 Å². The van der Waals surface area contributed by atoms with Gasteiger partial charge in [0, 0.05) is 11.4 Å². The van der Waals surface area contributed by atoms with Crippen molar-refractivity contribution in [3.63, 3.8) is 0 Å². The first-order valence-corrected chi connectivity index (χ1v) is 5.57. The molecule has 0 spiro atoms. The van der Waals surface area contributed by atoms with Crippen molar-refractivity contribution in [3.05, 3.63) is 59.2 Å². The molecule has 0 fully saturated rings. The predicted octanol–water partition coefficient (Wildman–Crippen LogP) is 4.36. The van der Waals surface area contributed by atoms with E-state index in [0.717, 1.165) is 5.69 Å². The minimum absolute atomic E-state index is 1.14. The van der Waals surface area contributed by atoms with E-state index in [1.165, 1.54) is 22.4 Å². The molecule has 0 atom stereocenters. The summed E-state index contributed by atoms with van der Waals surface area (Å²) in [5, 5.41) is 3.47. The Labute approximate surface area is 97.1 Å². The highest BCUT2D eigenvalue weighted by molar-refractivity contribution is 5.66. The van der Waals surface area contributed by atoms with Crippen LogP contribution in [0.15, 0.2) is 42.5 Å². The Morgan fingerprint density at radius 3 is 1.88 bits per heavy atom. The van der Waals surface area contributed by atoms with E-state index in [4.69, 9.17) is 0 Å². The molecule has 0 radical (unpaired) electrons. The Kier molecular flexibility index (Phi) is 2.95. The van der Waals surface area contributed by atoms with Gasteiger partial charge in [0.2, 0.25) is 0 Å². The van der Waals surface area contributed by atoms with Crippen molar-refractivity contribution in [1.29, 1.82) is 0 Å². The number of rotatable bonds is 2. The zero-order valence-electron chi connectivity index (χ0n) is 10.0. The minimum atomic E-state index is 1.14. The standard InChI is InChI=1S/C15H17N/c1-11-7-9-14(10-8-11)16-15-12(2)5-4-6-13(15)3/h4-10,16H,1-3H3. The molecule has 2 rings (SSSR count). The molecule has 0 aliphatic heterocycles. The lowest BCUT2D eigenvalue weighted by Crippen LogP contribution is -1.95. The van der Waals surface area contributed by atoms with Gasteiger partial charge in [0.25, 0.3) is 0 Å². The van der Waals surface area contributed by atoms with Gasteiger partial charge in [-0.1, -0.05) is 35.9 Å². The summed E-state index contributed by atoms with van der Waals surface area (Å²) in [6.07, 6.45) is 0. The van der Waals surface area contributed by atoms with Crippen LogP contribution in [0.1, 0.15) is 16.7 Å². The number of hydrogen-bond donors (Lipinski definition) is 1. The summed E-state index contributed by atoms with van der Waals surface area (Å²) >= 11 is 0. The maximum absolute atomic E-state index is 3.47. The van der Waals surface area contributed by atoms with Crippen LogP contribution in [-0.4, -0.2) is 0 Å². The Hall–Kier alpha value is -1.76. The highest BCUT2D eigenvalue weighted by Crippen LogP contribution is 2.24. The first kappa shape index (κ1) is 10.7. The normalized spacial score (nSPS) is 10.2. The van der Waals surface area contributed by atoms with Gasteiger partial charge in [0.15, 0.2) is 0 Å². The van der Waals surface area contributed by atoms with Crippen molar-refractivity contribution in [2.75, 3.05) is 5.32 Å². The Bertz CT molecular complexity index is 463. The van der Waals surface area contributed by atoms with Gasteiger partial charge in [0.1, 0.15) is 0 Å². The monoisotopic (exact) mass is 211 g/mol. The molecule has 0 aromatic heterocycles. The van der Waals surface area contributed by atoms with Crippen LogP contribution >= 0.6 is 0 Å². The van der Waals surface area contributed by atoms with Gasteiger partial charge in [-0.2, -0.15) is 0 Å². The lowest BCUT2D eigenvalue weighted by Gasteiger charge is -2.12. The summed E-state index contributed by atoms with van der Waals surface area (Å²) in [7, 11) is 0. The molecule has 0 bridgehead atoms. The van der Waals surface area contributed by atoms with E-state index in [9.17, 15) is 0 Å². The summed E-state index contributed by atoms with van der Waals surface area (Å²) in [6.45, 7) is 6.36. The second-order valence-corrected chi connectivity index (χ2v) is 4.26. The van der Waals surface area contributed by atoms with E-state index >= 15 is 0 Å². The van der Waals surface area contributed by atoms with Crippen LogP contribution < -0.4 is 5.32 Å². The summed E-state index contributed by atoms with van der Waals surface area (Å²) in [4.78, 5) is 0. The van der Waals surface area contributed by atoms with E-state index in [1.807, 2.05) is 0 Å². The van der Waals surface area contributed by atoms with Gasteiger partial charge >= 0.3 is 0 Å². The molecule has 0 unspecified atom stereocenters. The molecule has 2 aromatic carbocycles. The molecule has 0 saturated carbocycles. The second kappa shape index (κ2) is 4.40. The van der Waals surface area contributed by atoms with E-state index in [2.05, 4.69) is 68.6 Å². The zero-order valence-corrected chi connectivity index (χ0v) is 10.0. The predicted molar refractivity (Wildman–Crippen MR) is 70.4 cm³/mol. The van der Waals surface area contributed by atoms with Crippen LogP contribution in [0.4, 0.5) is 11.4 Å². The number of anilines is 2. The van der Waals surface area contributed by atoms with Gasteiger partial charge in [-0.25, -0.2) is 0 Å². The number of aryl methyl sites for hydroxylation is 3. The fourth-order valence-corrected chi connectivity index (χ4v) is 1.79. The maximum atomic E-state index is 3.47. The molecule has 82 valence electrons. The molecule has 1 heteroatoms. The van der Waals surface area contributed by atoms with E-state index in [1.54, 1.807) is 0 Å². The highest BCUT2D eigenvalue weighted by atomic mass is 14.9. The molecule has 0 saturated heterocycles. The highest BCUT2D eigenvalue weighted by Gasteiger charge is 2.01. The van der Waals surface area contributed by atoms with Crippen LogP contribution in [0.3, 0.4) is 0 Å². The van der Waals surface area contributed by atoms with E-state index in [-0.39, 0.29) is 0 Å². The molecule has 16 heavy (non-hydrogen) atoms. The van der Waals surface area contributed by atoms with Crippen LogP contribution in [0.2, 0.25) is 0 Å². The summed E-state index contributed by atoms with van der Waals surface area (Å²) < 4.78 is 0. The fraction of sp³-hybridized carbons (Fsp3) is 0.200. The minimum Gasteiger partial charge on any atom is -0.355 e. The molecular weight excluding hydrogens is 194 g/mol. The van der Waals surface area contributed by atoms with Crippen molar-refractivity contribution >= 4 is 11.4 Å². The molecule has 2 aromatic rings. The van der Waals surface area contributed by atoms with Crippen molar-refractivity contribution < 1.29 is 0 Å². The average Bonchev–Trinajstić information content (AvgIpc) is 2.26. The quantitative estimate of drug-likeness (QED) is 0.778. The smallest absolute Gasteiger partial charge is 0.0443 e. The van der Waals surface area contributed by atoms with Gasteiger partial charge in [-0.3, -0.25) is 0 Å². The van der Waals surface area contributed by atoms with Gasteiger partial charge in [-0.05, 0) is 44.0 Å². The van der Waals surface area contributed by atoms with Gasteiger partial charge in [-0.15, -0.1) is 0 Å². The number of para-hydroxylation sites is 1. The fourth-order valence-electron chi connectivity index (χ4n) is 1.79. The molecule has 0 heterocycles. The maximum Gasteiger partial charge on any atom is 0.0443 e. The number of hydrogen-bond acceptors (Lipinski definition) is 1. The number of nitrogens with one attached hydrogen (secondary N) is 1. The van der Waals surface area contributed by atoms with Crippen LogP contribution in [0.5, 0.6) is 0 Å². The van der Waals surface area contributed by atoms with Gasteiger partial charge in [0.05, 0.1) is 0 Å². The second-order valence-electron chi connectivity index (χ2n) is 4.26. The largest absolute Gasteiger partial charge is 0.355 e. The summed E-state index contributed by atoms with van der Waals surface area (Å²) in [5.74, 6) is 0. The first-order valence-electron chi connectivity index (χ1n) is 5.57. The van der Waals surface area contributed by atoms with Crippen molar-refractivity contribution in [2.45, 2.75) is 20.8 Å². The van der Waals surface area contributed by atoms with Crippen LogP contribution in [-0.2, 0) is 0 Å². The third-order valence-corrected chi connectivity index (χ3v) is 2.80. The molecule has 0 aliphatic rings.